The first-order chi connectivity index (χ1) is 9.39. The first-order valence-electron chi connectivity index (χ1n) is 6.29. The van der Waals surface area contributed by atoms with Crippen molar-refractivity contribution in [2.75, 3.05) is 13.1 Å². The molecule has 1 aromatic heterocycles. The van der Waals surface area contributed by atoms with Crippen LogP contribution in [0.5, 0.6) is 0 Å². The fourth-order valence-electron chi connectivity index (χ4n) is 2.04. The van der Waals surface area contributed by atoms with Gasteiger partial charge in [-0.25, -0.2) is 8.42 Å². The smallest absolute Gasteiger partial charge is 0.305 e. The molecule has 1 aliphatic heterocycles. The maximum absolute atomic E-state index is 12.4. The number of carboxylic acids is 1. The topological polar surface area (TPSA) is 92.5 Å². The van der Waals surface area contributed by atoms with Gasteiger partial charge >= 0.3 is 5.97 Å². The molecular weight excluding hydrogens is 282 g/mol. The Morgan fingerprint density at radius 3 is 2.90 bits per heavy atom. The molecule has 110 valence electrons. The summed E-state index contributed by atoms with van der Waals surface area (Å²) in [5.41, 5.74) is 1.03. The molecule has 0 spiro atoms. The van der Waals surface area contributed by atoms with E-state index in [0.29, 0.717) is 19.5 Å². The number of aliphatic carboxylic acids is 1. The minimum absolute atomic E-state index is 0.0905. The Labute approximate surface area is 117 Å². The van der Waals surface area contributed by atoms with Crippen LogP contribution in [0.2, 0.25) is 0 Å². The van der Waals surface area contributed by atoms with Crippen molar-refractivity contribution in [3.63, 3.8) is 0 Å². The predicted octanol–water partition coefficient (Wildman–Crippen LogP) is 0.698. The summed E-state index contributed by atoms with van der Waals surface area (Å²) in [5, 5.41) is 12.5. The van der Waals surface area contributed by atoms with E-state index in [2.05, 4.69) is 5.10 Å². The molecule has 8 heteroatoms. The van der Waals surface area contributed by atoms with Gasteiger partial charge < -0.3 is 5.11 Å². The molecule has 0 saturated carbocycles. The van der Waals surface area contributed by atoms with E-state index in [0.717, 1.165) is 5.57 Å². The summed E-state index contributed by atoms with van der Waals surface area (Å²) in [5.74, 6) is -0.943. The Morgan fingerprint density at radius 2 is 2.25 bits per heavy atom. The fourth-order valence-corrected chi connectivity index (χ4v) is 3.49. The lowest BCUT2D eigenvalue weighted by Gasteiger charge is -2.24. The van der Waals surface area contributed by atoms with Crippen molar-refractivity contribution in [2.24, 2.45) is 0 Å². The average Bonchev–Trinajstić information content (AvgIpc) is 2.86. The Morgan fingerprint density at radius 1 is 1.50 bits per heavy atom. The number of carboxylic acid groups (broad SMARTS) is 1. The van der Waals surface area contributed by atoms with Crippen LogP contribution >= 0.6 is 0 Å². The number of aryl methyl sites for hydroxylation is 1. The van der Waals surface area contributed by atoms with Crippen LogP contribution in [0.25, 0.3) is 0 Å². The first-order valence-corrected chi connectivity index (χ1v) is 7.73. The highest BCUT2D eigenvalue weighted by molar-refractivity contribution is 7.89. The number of rotatable bonds is 5. The number of carbonyl (C=O) groups is 1. The lowest BCUT2D eigenvalue weighted by Crippen LogP contribution is -2.35. The molecule has 2 rings (SSSR count). The molecule has 0 saturated heterocycles. The molecule has 2 heterocycles. The van der Waals surface area contributed by atoms with Crippen molar-refractivity contribution < 1.29 is 18.3 Å². The van der Waals surface area contributed by atoms with Gasteiger partial charge in [0.05, 0.1) is 19.2 Å². The summed E-state index contributed by atoms with van der Waals surface area (Å²) in [6, 6.07) is 0. The fraction of sp³-hybridized carbons (Fsp3) is 0.500. The van der Waals surface area contributed by atoms with Crippen molar-refractivity contribution in [1.82, 2.24) is 14.1 Å². The number of aromatic nitrogens is 2. The van der Waals surface area contributed by atoms with Gasteiger partial charge in [-0.05, 0) is 13.3 Å². The Balaban J connectivity index is 2.14. The van der Waals surface area contributed by atoms with Gasteiger partial charge in [-0.3, -0.25) is 9.48 Å². The summed E-state index contributed by atoms with van der Waals surface area (Å²) in [6.07, 6.45) is 5.30. The summed E-state index contributed by atoms with van der Waals surface area (Å²) in [7, 11) is -3.55. The molecule has 0 bridgehead atoms. The number of nitrogens with zero attached hydrogens (tertiary/aromatic N) is 3. The second-order valence-corrected chi connectivity index (χ2v) is 6.70. The number of sulfonamides is 1. The molecule has 0 fully saturated rings. The molecular formula is C12H17N3O4S. The maximum atomic E-state index is 12.4. The average molecular weight is 299 g/mol. The van der Waals surface area contributed by atoms with Gasteiger partial charge in [-0.2, -0.15) is 9.40 Å². The Kier molecular flexibility index (Phi) is 4.24. The third-order valence-corrected chi connectivity index (χ3v) is 4.90. The van der Waals surface area contributed by atoms with E-state index in [9.17, 15) is 13.2 Å². The van der Waals surface area contributed by atoms with E-state index in [1.165, 1.54) is 21.4 Å². The largest absolute Gasteiger partial charge is 0.481 e. The van der Waals surface area contributed by atoms with Crippen LogP contribution in [0.1, 0.15) is 19.8 Å². The van der Waals surface area contributed by atoms with Crippen LogP contribution < -0.4 is 0 Å². The molecule has 0 amide bonds. The van der Waals surface area contributed by atoms with E-state index in [-0.39, 0.29) is 17.9 Å². The molecule has 1 N–H and O–H groups in total. The van der Waals surface area contributed by atoms with Crippen molar-refractivity contribution in [3.05, 3.63) is 24.0 Å². The Bertz CT molecular complexity index is 633. The molecule has 0 unspecified atom stereocenters. The minimum Gasteiger partial charge on any atom is -0.481 e. The standard InChI is InChI=1S/C12H17N3O4S/c1-10-3-2-5-15(8-10)20(18,19)11-7-13-14(9-11)6-4-12(16)17/h3,7,9H,2,4-6,8H2,1H3,(H,16,17). The Hall–Kier alpha value is -1.67. The highest BCUT2D eigenvalue weighted by atomic mass is 32.2. The van der Waals surface area contributed by atoms with E-state index < -0.39 is 16.0 Å². The molecule has 0 aromatic carbocycles. The maximum Gasteiger partial charge on any atom is 0.305 e. The normalized spacial score (nSPS) is 16.9. The highest BCUT2D eigenvalue weighted by Gasteiger charge is 2.27. The summed E-state index contributed by atoms with van der Waals surface area (Å²) >= 11 is 0. The number of hydrogen-bond acceptors (Lipinski definition) is 4. The molecule has 20 heavy (non-hydrogen) atoms. The summed E-state index contributed by atoms with van der Waals surface area (Å²) in [6.45, 7) is 2.91. The predicted molar refractivity (Wildman–Crippen MR) is 71.6 cm³/mol. The van der Waals surface area contributed by atoms with Crippen LogP contribution in [0.3, 0.4) is 0 Å². The second kappa shape index (κ2) is 5.76. The van der Waals surface area contributed by atoms with Gasteiger partial charge in [0.25, 0.3) is 0 Å². The van der Waals surface area contributed by atoms with Gasteiger partial charge in [0.15, 0.2) is 0 Å². The summed E-state index contributed by atoms with van der Waals surface area (Å²) in [4.78, 5) is 10.6. The molecule has 7 nitrogen and oxygen atoms in total. The quantitative estimate of drug-likeness (QED) is 0.808. The zero-order chi connectivity index (χ0) is 14.8. The van der Waals surface area contributed by atoms with Gasteiger partial charge in [-0.15, -0.1) is 0 Å². The lowest BCUT2D eigenvalue weighted by atomic mass is 10.2. The van der Waals surface area contributed by atoms with Crippen LogP contribution in [0.4, 0.5) is 0 Å². The molecule has 1 aromatic rings. The monoisotopic (exact) mass is 299 g/mol. The first kappa shape index (κ1) is 14.7. The SMILES string of the molecule is CC1=CCCN(S(=O)(=O)c2cnn(CCC(=O)O)c2)C1. The molecule has 0 aliphatic carbocycles. The lowest BCUT2D eigenvalue weighted by molar-refractivity contribution is -0.137. The van der Waals surface area contributed by atoms with Crippen molar-refractivity contribution in [3.8, 4) is 0 Å². The van der Waals surface area contributed by atoms with E-state index in [4.69, 9.17) is 5.11 Å². The summed E-state index contributed by atoms with van der Waals surface area (Å²) < 4.78 is 27.6. The molecule has 0 radical (unpaired) electrons. The number of hydrogen-bond donors (Lipinski definition) is 1. The van der Waals surface area contributed by atoms with Crippen LogP contribution in [0.15, 0.2) is 28.9 Å². The van der Waals surface area contributed by atoms with Gasteiger partial charge in [0.1, 0.15) is 4.90 Å². The van der Waals surface area contributed by atoms with Crippen LogP contribution in [0, 0.1) is 0 Å². The zero-order valence-electron chi connectivity index (χ0n) is 11.2. The second-order valence-electron chi connectivity index (χ2n) is 4.76. The van der Waals surface area contributed by atoms with E-state index >= 15 is 0 Å². The van der Waals surface area contributed by atoms with Crippen molar-refractivity contribution >= 4 is 16.0 Å². The van der Waals surface area contributed by atoms with Crippen molar-refractivity contribution in [2.45, 2.75) is 31.2 Å². The highest BCUT2D eigenvalue weighted by Crippen LogP contribution is 2.19. The van der Waals surface area contributed by atoms with Crippen LogP contribution in [-0.2, 0) is 21.4 Å². The van der Waals surface area contributed by atoms with Gasteiger partial charge in [0, 0.05) is 19.3 Å². The van der Waals surface area contributed by atoms with E-state index in [1.54, 1.807) is 0 Å². The van der Waals surface area contributed by atoms with Crippen LogP contribution in [-0.4, -0.2) is 46.7 Å². The van der Waals surface area contributed by atoms with E-state index in [1.807, 2.05) is 13.0 Å². The third-order valence-electron chi connectivity index (χ3n) is 3.10. The minimum atomic E-state index is -3.55. The third kappa shape index (κ3) is 3.26. The van der Waals surface area contributed by atoms with Gasteiger partial charge in [-0.1, -0.05) is 11.6 Å². The van der Waals surface area contributed by atoms with Crippen molar-refractivity contribution in [1.29, 1.82) is 0 Å². The molecule has 1 aliphatic rings. The van der Waals surface area contributed by atoms with Gasteiger partial charge in [0.2, 0.25) is 10.0 Å². The zero-order valence-corrected chi connectivity index (χ0v) is 12.0. The molecule has 0 atom stereocenters.